The number of esters is 1. The summed E-state index contributed by atoms with van der Waals surface area (Å²) in [6.07, 6.45) is 0.899. The van der Waals surface area contributed by atoms with Crippen LogP contribution < -0.4 is 4.90 Å². The predicted molar refractivity (Wildman–Crippen MR) is 76.1 cm³/mol. The molecular formula is C12H16N2O6S. The van der Waals surface area contributed by atoms with Crippen LogP contribution in [0.1, 0.15) is 6.92 Å². The molecular weight excluding hydrogens is 300 g/mol. The number of nitro groups is 1. The van der Waals surface area contributed by atoms with Gasteiger partial charge in [0.25, 0.3) is 0 Å². The molecule has 0 aliphatic heterocycles. The van der Waals surface area contributed by atoms with E-state index in [1.165, 1.54) is 30.2 Å². The monoisotopic (exact) mass is 316 g/mol. The Morgan fingerprint density at radius 3 is 2.48 bits per heavy atom. The molecule has 9 heteroatoms. The van der Waals surface area contributed by atoms with Crippen LogP contribution in [0.25, 0.3) is 0 Å². The molecule has 0 heterocycles. The fourth-order valence-corrected chi connectivity index (χ4v) is 2.69. The van der Waals surface area contributed by atoms with Crippen molar-refractivity contribution in [2.45, 2.75) is 11.8 Å². The molecule has 116 valence electrons. The molecule has 0 unspecified atom stereocenters. The molecule has 0 fully saturated rings. The topological polar surface area (TPSA) is 107 Å². The van der Waals surface area contributed by atoms with Gasteiger partial charge in [0.15, 0.2) is 9.84 Å². The average Bonchev–Trinajstić information content (AvgIpc) is 2.42. The summed E-state index contributed by atoms with van der Waals surface area (Å²) < 4.78 is 27.9. The lowest BCUT2D eigenvalue weighted by Gasteiger charge is -2.22. The predicted octanol–water partition coefficient (Wildman–Crippen LogP) is 0.998. The molecule has 8 nitrogen and oxygen atoms in total. The third kappa shape index (κ3) is 3.91. The maximum atomic E-state index is 11.7. The molecule has 0 aliphatic carbocycles. The average molecular weight is 316 g/mol. The largest absolute Gasteiger partial charge is 0.468 e. The maximum absolute atomic E-state index is 11.7. The molecule has 0 saturated heterocycles. The van der Waals surface area contributed by atoms with Crippen LogP contribution in [0.4, 0.5) is 11.4 Å². The van der Waals surface area contributed by atoms with Crippen LogP contribution in [-0.2, 0) is 19.4 Å². The van der Waals surface area contributed by atoms with Gasteiger partial charge in [-0.05, 0) is 19.1 Å². The summed E-state index contributed by atoms with van der Waals surface area (Å²) in [5.74, 6) is -0.573. The van der Waals surface area contributed by atoms with Gasteiger partial charge in [0.05, 0.1) is 12.0 Å². The third-order valence-corrected chi connectivity index (χ3v) is 3.96. The number of nitro benzene ring substituents is 1. The van der Waals surface area contributed by atoms with Crippen LogP contribution in [0.2, 0.25) is 0 Å². The van der Waals surface area contributed by atoms with Crippen molar-refractivity contribution in [1.82, 2.24) is 0 Å². The summed E-state index contributed by atoms with van der Waals surface area (Å²) in [4.78, 5) is 22.9. The van der Waals surface area contributed by atoms with Gasteiger partial charge in [-0.15, -0.1) is 0 Å². The van der Waals surface area contributed by atoms with E-state index in [9.17, 15) is 23.3 Å². The molecule has 1 rings (SSSR count). The molecule has 0 N–H and O–H groups in total. The number of rotatable bonds is 6. The van der Waals surface area contributed by atoms with E-state index >= 15 is 0 Å². The number of para-hydroxylation sites is 1. The van der Waals surface area contributed by atoms with E-state index in [1.54, 1.807) is 6.92 Å². The van der Waals surface area contributed by atoms with Crippen molar-refractivity contribution in [2.75, 3.05) is 31.4 Å². The van der Waals surface area contributed by atoms with Crippen LogP contribution in [0.5, 0.6) is 0 Å². The number of methoxy groups -OCH3 is 1. The number of benzene rings is 1. The molecule has 1 aromatic carbocycles. The smallest absolute Gasteiger partial charge is 0.325 e. The van der Waals surface area contributed by atoms with Gasteiger partial charge >= 0.3 is 11.7 Å². The van der Waals surface area contributed by atoms with Crippen molar-refractivity contribution in [3.8, 4) is 0 Å². The zero-order valence-corrected chi connectivity index (χ0v) is 12.7. The first kappa shape index (κ1) is 16.9. The van der Waals surface area contributed by atoms with Gasteiger partial charge in [0.2, 0.25) is 0 Å². The minimum atomic E-state index is -3.76. The zero-order valence-electron chi connectivity index (χ0n) is 11.9. The number of ether oxygens (including phenoxy) is 1. The summed E-state index contributed by atoms with van der Waals surface area (Å²) in [5, 5.41) is 11.3. The molecule has 0 saturated carbocycles. The molecule has 1 aromatic rings. The molecule has 0 atom stereocenters. The Morgan fingerprint density at radius 2 is 2.05 bits per heavy atom. The Bertz CT molecular complexity index is 656. The summed E-state index contributed by atoms with van der Waals surface area (Å²) in [7, 11) is -2.56. The van der Waals surface area contributed by atoms with Gasteiger partial charge in [-0.25, -0.2) is 8.42 Å². The highest BCUT2D eigenvalue weighted by molar-refractivity contribution is 7.90. The van der Waals surface area contributed by atoms with Crippen molar-refractivity contribution in [1.29, 1.82) is 0 Å². The lowest BCUT2D eigenvalue weighted by Crippen LogP contribution is -2.31. The minimum absolute atomic E-state index is 0.0656. The Hall–Kier alpha value is -2.16. The number of hydrogen-bond acceptors (Lipinski definition) is 7. The molecule has 0 amide bonds. The summed E-state index contributed by atoms with van der Waals surface area (Å²) in [6, 6.07) is 3.97. The molecule has 0 bridgehead atoms. The standard InChI is InChI=1S/C12H16N2O6S/c1-4-13(8-11(15)20-2)9-6-5-7-10(21(3,18)19)12(9)14(16)17/h5-7H,4,8H2,1-3H3. The zero-order chi connectivity index (χ0) is 16.2. The Labute approximate surface area is 122 Å². The van der Waals surface area contributed by atoms with E-state index in [0.717, 1.165) is 6.26 Å². The van der Waals surface area contributed by atoms with E-state index in [4.69, 9.17) is 0 Å². The summed E-state index contributed by atoms with van der Waals surface area (Å²) >= 11 is 0. The van der Waals surface area contributed by atoms with Crippen molar-refractivity contribution >= 4 is 27.2 Å². The third-order valence-electron chi connectivity index (χ3n) is 2.83. The van der Waals surface area contributed by atoms with Crippen molar-refractivity contribution < 1.29 is 22.9 Å². The number of nitrogens with zero attached hydrogens (tertiary/aromatic N) is 2. The number of hydrogen-bond donors (Lipinski definition) is 0. The second kappa shape index (κ2) is 6.53. The van der Waals surface area contributed by atoms with E-state index in [0.29, 0.717) is 0 Å². The molecule has 0 spiro atoms. The highest BCUT2D eigenvalue weighted by Gasteiger charge is 2.29. The first-order valence-corrected chi connectivity index (χ1v) is 7.90. The molecule has 0 radical (unpaired) electrons. The highest BCUT2D eigenvalue weighted by atomic mass is 32.2. The molecule has 0 aromatic heterocycles. The van der Waals surface area contributed by atoms with Crippen LogP contribution in [-0.4, -0.2) is 45.8 Å². The molecule has 0 aliphatic rings. The summed E-state index contributed by atoms with van der Waals surface area (Å²) in [5.41, 5.74) is -0.471. The van der Waals surface area contributed by atoms with E-state index in [-0.39, 0.29) is 23.7 Å². The van der Waals surface area contributed by atoms with Gasteiger partial charge in [-0.3, -0.25) is 14.9 Å². The van der Waals surface area contributed by atoms with Crippen molar-refractivity contribution in [3.05, 3.63) is 28.3 Å². The number of likely N-dealkylation sites (N-methyl/N-ethyl adjacent to an activating group) is 1. The van der Waals surface area contributed by atoms with E-state index < -0.39 is 26.4 Å². The normalized spacial score (nSPS) is 11.0. The lowest BCUT2D eigenvalue weighted by atomic mass is 10.2. The van der Waals surface area contributed by atoms with Crippen molar-refractivity contribution in [2.24, 2.45) is 0 Å². The van der Waals surface area contributed by atoms with Gasteiger partial charge in [0, 0.05) is 12.8 Å². The number of carbonyl (C=O) groups is 1. The van der Waals surface area contributed by atoms with Gasteiger partial charge in [-0.1, -0.05) is 6.07 Å². The lowest BCUT2D eigenvalue weighted by molar-refractivity contribution is -0.387. The molecule has 21 heavy (non-hydrogen) atoms. The van der Waals surface area contributed by atoms with Crippen molar-refractivity contribution in [3.63, 3.8) is 0 Å². The van der Waals surface area contributed by atoms with Gasteiger partial charge in [-0.2, -0.15) is 0 Å². The van der Waals surface area contributed by atoms with E-state index in [1.807, 2.05) is 0 Å². The SMILES string of the molecule is CCN(CC(=O)OC)c1cccc(S(C)(=O)=O)c1[N+](=O)[O-]. The summed E-state index contributed by atoms with van der Waals surface area (Å²) in [6.45, 7) is 1.77. The van der Waals surface area contributed by atoms with Gasteiger partial charge in [0.1, 0.15) is 17.1 Å². The Balaban J connectivity index is 3.48. The Morgan fingerprint density at radius 1 is 1.43 bits per heavy atom. The number of anilines is 1. The Kier molecular flexibility index (Phi) is 5.25. The van der Waals surface area contributed by atoms with Gasteiger partial charge < -0.3 is 9.64 Å². The maximum Gasteiger partial charge on any atom is 0.325 e. The van der Waals surface area contributed by atoms with Crippen LogP contribution in [0, 0.1) is 10.1 Å². The number of carbonyl (C=O) groups excluding carboxylic acids is 1. The van der Waals surface area contributed by atoms with E-state index in [2.05, 4.69) is 4.74 Å². The fourth-order valence-electron chi connectivity index (χ4n) is 1.84. The first-order valence-electron chi connectivity index (χ1n) is 6.01. The van der Waals surface area contributed by atoms with Crippen LogP contribution in [0.15, 0.2) is 23.1 Å². The first-order chi connectivity index (χ1) is 9.72. The highest BCUT2D eigenvalue weighted by Crippen LogP contribution is 2.34. The fraction of sp³-hybridized carbons (Fsp3) is 0.417. The quantitative estimate of drug-likeness (QED) is 0.437. The van der Waals surface area contributed by atoms with Crippen LogP contribution >= 0.6 is 0 Å². The minimum Gasteiger partial charge on any atom is -0.468 e. The van der Waals surface area contributed by atoms with Crippen LogP contribution in [0.3, 0.4) is 0 Å². The second-order valence-corrected chi connectivity index (χ2v) is 6.23. The second-order valence-electron chi connectivity index (χ2n) is 4.24. The number of sulfone groups is 1.